The van der Waals surface area contributed by atoms with Crippen LogP contribution in [0.3, 0.4) is 0 Å². The fourth-order valence-corrected chi connectivity index (χ4v) is 1.14. The fraction of sp³-hybridized carbons (Fsp3) is 0.125. The van der Waals surface area contributed by atoms with Crippen LogP contribution < -0.4 is 5.73 Å². The molecule has 4 heteroatoms. The van der Waals surface area contributed by atoms with Crippen molar-refractivity contribution in [3.63, 3.8) is 0 Å². The summed E-state index contributed by atoms with van der Waals surface area (Å²) >= 11 is 4.10. The van der Waals surface area contributed by atoms with Gasteiger partial charge in [0.05, 0.1) is 6.42 Å². The van der Waals surface area contributed by atoms with Crippen LogP contribution in [0.2, 0.25) is 0 Å². The summed E-state index contributed by atoms with van der Waals surface area (Å²) in [5.41, 5.74) is 6.68. The minimum absolute atomic E-state index is 0.0378. The predicted octanol–water partition coefficient (Wildman–Crippen LogP) is 1.18. The highest BCUT2D eigenvalue weighted by molar-refractivity contribution is 7.80. The van der Waals surface area contributed by atoms with Gasteiger partial charge in [-0.2, -0.15) is 0 Å². The van der Waals surface area contributed by atoms with Gasteiger partial charge in [0.25, 0.3) is 0 Å². The van der Waals surface area contributed by atoms with Crippen LogP contribution in [0.1, 0.15) is 5.56 Å². The first-order valence-corrected chi connectivity index (χ1v) is 3.84. The van der Waals surface area contributed by atoms with E-state index in [9.17, 15) is 4.79 Å². The van der Waals surface area contributed by atoms with E-state index >= 15 is 0 Å². The van der Waals surface area contributed by atoms with Crippen molar-refractivity contribution in [1.29, 1.82) is 0 Å². The number of carboxylic acids is 1. The molecule has 1 aromatic rings. The van der Waals surface area contributed by atoms with Crippen molar-refractivity contribution in [3.8, 4) is 0 Å². The van der Waals surface area contributed by atoms with Gasteiger partial charge in [-0.25, -0.2) is 0 Å². The van der Waals surface area contributed by atoms with Crippen LogP contribution in [0.25, 0.3) is 0 Å². The topological polar surface area (TPSA) is 63.3 Å². The predicted molar refractivity (Wildman–Crippen MR) is 49.4 cm³/mol. The molecule has 0 aliphatic heterocycles. The summed E-state index contributed by atoms with van der Waals surface area (Å²) in [5, 5.41) is 8.51. The third-order valence-electron chi connectivity index (χ3n) is 1.49. The molecule has 0 saturated heterocycles. The lowest BCUT2D eigenvalue weighted by Gasteiger charge is -2.03. The van der Waals surface area contributed by atoms with E-state index in [2.05, 4.69) is 12.6 Å². The highest BCUT2D eigenvalue weighted by Gasteiger charge is 2.05. The molecular weight excluding hydrogens is 174 g/mol. The molecule has 0 unspecified atom stereocenters. The quantitative estimate of drug-likeness (QED) is 0.476. The largest absolute Gasteiger partial charge is 0.481 e. The van der Waals surface area contributed by atoms with Gasteiger partial charge in [0, 0.05) is 10.6 Å². The molecule has 0 amide bonds. The van der Waals surface area contributed by atoms with Crippen LogP contribution in [-0.4, -0.2) is 11.1 Å². The number of carboxylic acid groups (broad SMARTS) is 1. The van der Waals surface area contributed by atoms with Gasteiger partial charge in [0.15, 0.2) is 0 Å². The Balaban J connectivity index is 3.00. The summed E-state index contributed by atoms with van der Waals surface area (Å²) in [7, 11) is 0. The highest BCUT2D eigenvalue weighted by atomic mass is 32.1. The molecule has 0 atom stereocenters. The Morgan fingerprint density at radius 2 is 2.25 bits per heavy atom. The van der Waals surface area contributed by atoms with Crippen molar-refractivity contribution in [2.24, 2.45) is 0 Å². The number of carbonyl (C=O) groups is 1. The molecule has 0 bridgehead atoms. The van der Waals surface area contributed by atoms with Crippen molar-refractivity contribution in [2.75, 3.05) is 5.73 Å². The summed E-state index contributed by atoms with van der Waals surface area (Å²) < 4.78 is 0. The first-order valence-electron chi connectivity index (χ1n) is 3.39. The summed E-state index contributed by atoms with van der Waals surface area (Å²) in [5.74, 6) is -0.879. The smallest absolute Gasteiger partial charge is 0.307 e. The minimum Gasteiger partial charge on any atom is -0.481 e. The highest BCUT2D eigenvalue weighted by Crippen LogP contribution is 2.21. The molecule has 0 heterocycles. The summed E-state index contributed by atoms with van der Waals surface area (Å²) in [6, 6.07) is 5.10. The standard InChI is InChI=1S/C8H9NO2S/c9-6-3-1-2-5(8(6)12)4-7(10)11/h1-3,12H,4,9H2,(H,10,11). The number of hydrogen-bond acceptors (Lipinski definition) is 3. The molecule has 0 saturated carbocycles. The lowest BCUT2D eigenvalue weighted by Crippen LogP contribution is -2.02. The van der Waals surface area contributed by atoms with Crippen molar-refractivity contribution >= 4 is 24.3 Å². The summed E-state index contributed by atoms with van der Waals surface area (Å²) in [6.45, 7) is 0. The molecule has 12 heavy (non-hydrogen) atoms. The first-order chi connectivity index (χ1) is 5.61. The zero-order chi connectivity index (χ0) is 9.14. The van der Waals surface area contributed by atoms with Gasteiger partial charge in [-0.05, 0) is 11.6 Å². The average Bonchev–Trinajstić information content (AvgIpc) is 1.98. The number of anilines is 1. The van der Waals surface area contributed by atoms with Crippen LogP contribution in [0, 0.1) is 0 Å². The number of hydrogen-bond donors (Lipinski definition) is 3. The molecule has 0 spiro atoms. The molecule has 3 N–H and O–H groups in total. The second-order valence-electron chi connectivity index (χ2n) is 2.43. The van der Waals surface area contributed by atoms with Crippen LogP contribution in [-0.2, 0) is 11.2 Å². The molecule has 1 aromatic carbocycles. The summed E-state index contributed by atoms with van der Waals surface area (Å²) in [6.07, 6.45) is -0.0378. The number of thiol groups is 1. The minimum atomic E-state index is -0.879. The Morgan fingerprint density at radius 3 is 2.83 bits per heavy atom. The maximum absolute atomic E-state index is 10.4. The number of nitrogens with two attached hydrogens (primary N) is 1. The molecule has 0 aliphatic rings. The van der Waals surface area contributed by atoms with Crippen LogP contribution in [0.15, 0.2) is 23.1 Å². The molecule has 0 radical (unpaired) electrons. The molecule has 0 aromatic heterocycles. The maximum Gasteiger partial charge on any atom is 0.307 e. The van der Waals surface area contributed by atoms with E-state index in [0.29, 0.717) is 16.1 Å². The van der Waals surface area contributed by atoms with Crippen molar-refractivity contribution in [2.45, 2.75) is 11.3 Å². The Labute approximate surface area is 75.6 Å². The fourth-order valence-electron chi connectivity index (χ4n) is 0.917. The summed E-state index contributed by atoms with van der Waals surface area (Å²) in [4.78, 5) is 10.9. The number of aliphatic carboxylic acids is 1. The van der Waals surface area contributed by atoms with Gasteiger partial charge in [-0.15, -0.1) is 12.6 Å². The Kier molecular flexibility index (Phi) is 2.60. The zero-order valence-corrected chi connectivity index (χ0v) is 7.21. The molecule has 1 rings (SSSR count). The van der Waals surface area contributed by atoms with E-state index in [0.717, 1.165) is 0 Å². The molecular formula is C8H9NO2S. The second kappa shape index (κ2) is 3.49. The van der Waals surface area contributed by atoms with Crippen LogP contribution >= 0.6 is 12.6 Å². The SMILES string of the molecule is Nc1cccc(CC(=O)O)c1S. The van der Waals surface area contributed by atoms with E-state index in [4.69, 9.17) is 10.8 Å². The van der Waals surface area contributed by atoms with Crippen LogP contribution in [0.5, 0.6) is 0 Å². The number of rotatable bonds is 2. The number of benzene rings is 1. The Bertz CT molecular complexity index is 312. The zero-order valence-electron chi connectivity index (χ0n) is 6.32. The third kappa shape index (κ3) is 1.92. The second-order valence-corrected chi connectivity index (χ2v) is 2.87. The van der Waals surface area contributed by atoms with Gasteiger partial charge in [0.2, 0.25) is 0 Å². The first kappa shape index (κ1) is 8.93. The maximum atomic E-state index is 10.4. The average molecular weight is 183 g/mol. The molecule has 3 nitrogen and oxygen atoms in total. The van der Waals surface area contributed by atoms with E-state index in [1.807, 2.05) is 0 Å². The molecule has 64 valence electrons. The van der Waals surface area contributed by atoms with E-state index < -0.39 is 5.97 Å². The van der Waals surface area contributed by atoms with Gasteiger partial charge in [-0.3, -0.25) is 4.79 Å². The lowest BCUT2D eigenvalue weighted by molar-refractivity contribution is -0.136. The monoisotopic (exact) mass is 183 g/mol. The van der Waals surface area contributed by atoms with Crippen molar-refractivity contribution in [1.82, 2.24) is 0 Å². The van der Waals surface area contributed by atoms with E-state index in [1.165, 1.54) is 0 Å². The lowest BCUT2D eigenvalue weighted by atomic mass is 10.1. The van der Waals surface area contributed by atoms with E-state index in [1.54, 1.807) is 18.2 Å². The van der Waals surface area contributed by atoms with Gasteiger partial charge in [-0.1, -0.05) is 12.1 Å². The van der Waals surface area contributed by atoms with E-state index in [-0.39, 0.29) is 6.42 Å². The Hall–Kier alpha value is -1.16. The number of nitrogen functional groups attached to an aromatic ring is 1. The normalized spacial score (nSPS) is 9.75. The van der Waals surface area contributed by atoms with Gasteiger partial charge >= 0.3 is 5.97 Å². The van der Waals surface area contributed by atoms with Gasteiger partial charge < -0.3 is 10.8 Å². The Morgan fingerprint density at radius 1 is 1.58 bits per heavy atom. The third-order valence-corrected chi connectivity index (χ3v) is 2.04. The van der Waals surface area contributed by atoms with Crippen molar-refractivity contribution in [3.05, 3.63) is 23.8 Å². The van der Waals surface area contributed by atoms with Crippen molar-refractivity contribution < 1.29 is 9.90 Å². The van der Waals surface area contributed by atoms with Gasteiger partial charge in [0.1, 0.15) is 0 Å². The van der Waals surface area contributed by atoms with Crippen LogP contribution in [0.4, 0.5) is 5.69 Å². The molecule has 0 aliphatic carbocycles. The molecule has 0 fully saturated rings.